The molecule has 0 amide bonds. The van der Waals surface area contributed by atoms with E-state index in [-0.39, 0.29) is 35.1 Å². The average molecular weight is 438 g/mol. The van der Waals surface area contributed by atoms with E-state index in [1.165, 1.54) is 41.4 Å². The first-order chi connectivity index (χ1) is 15.1. The summed E-state index contributed by atoms with van der Waals surface area (Å²) in [6, 6.07) is 8.79. The van der Waals surface area contributed by atoms with Crippen molar-refractivity contribution in [2.24, 2.45) is 22.7 Å². The zero-order valence-electron chi connectivity index (χ0n) is 20.1. The van der Waals surface area contributed by atoms with Crippen molar-refractivity contribution >= 4 is 10.9 Å². The van der Waals surface area contributed by atoms with Crippen LogP contribution >= 0.6 is 0 Å². The summed E-state index contributed by atoms with van der Waals surface area (Å²) in [5.74, 6) is 1.09. The Hall–Kier alpha value is -1.36. The van der Waals surface area contributed by atoms with Crippen molar-refractivity contribution in [1.82, 2.24) is 4.98 Å². The Balaban J connectivity index is 1.44. The van der Waals surface area contributed by atoms with Crippen LogP contribution < -0.4 is 0 Å². The summed E-state index contributed by atoms with van der Waals surface area (Å²) in [7, 11) is 0. The number of aliphatic hydroxyl groups is 2. The van der Waals surface area contributed by atoms with E-state index in [4.69, 9.17) is 4.74 Å². The van der Waals surface area contributed by atoms with Gasteiger partial charge in [0.15, 0.2) is 0 Å². The van der Waals surface area contributed by atoms with E-state index in [2.05, 4.69) is 43.1 Å². The number of aliphatic hydroxyl groups excluding tert-OH is 1. The Morgan fingerprint density at radius 2 is 1.88 bits per heavy atom. The van der Waals surface area contributed by atoms with Crippen molar-refractivity contribution in [3.63, 3.8) is 0 Å². The van der Waals surface area contributed by atoms with Gasteiger partial charge in [0.1, 0.15) is 0 Å². The molecular formula is C28H39NO3. The van der Waals surface area contributed by atoms with E-state index < -0.39 is 5.60 Å². The van der Waals surface area contributed by atoms with Crippen molar-refractivity contribution < 1.29 is 14.9 Å². The lowest BCUT2D eigenvalue weighted by atomic mass is 9.39. The van der Waals surface area contributed by atoms with Crippen LogP contribution in [0.2, 0.25) is 0 Å². The summed E-state index contributed by atoms with van der Waals surface area (Å²) in [5.41, 5.74) is 3.44. The monoisotopic (exact) mass is 437 g/mol. The second-order valence-electron chi connectivity index (χ2n) is 12.4. The van der Waals surface area contributed by atoms with E-state index in [9.17, 15) is 10.2 Å². The molecule has 2 aromatic rings. The molecule has 1 aliphatic heterocycles. The van der Waals surface area contributed by atoms with Crippen LogP contribution in [0.15, 0.2) is 24.3 Å². The van der Waals surface area contributed by atoms with E-state index in [1.54, 1.807) is 0 Å². The Morgan fingerprint density at radius 1 is 1.09 bits per heavy atom. The van der Waals surface area contributed by atoms with Gasteiger partial charge in [0.2, 0.25) is 0 Å². The molecule has 0 bridgehead atoms. The maximum absolute atomic E-state index is 10.9. The third-order valence-electron chi connectivity index (χ3n) is 10.9. The Kier molecular flexibility index (Phi) is 4.38. The number of ether oxygens (including phenoxy) is 1. The van der Waals surface area contributed by atoms with Gasteiger partial charge in [0, 0.05) is 27.4 Å². The van der Waals surface area contributed by atoms with Gasteiger partial charge in [-0.25, -0.2) is 0 Å². The van der Waals surface area contributed by atoms with Gasteiger partial charge in [-0.15, -0.1) is 0 Å². The molecule has 3 fully saturated rings. The van der Waals surface area contributed by atoms with Crippen LogP contribution in [0.3, 0.4) is 0 Å². The predicted octanol–water partition coefficient (Wildman–Crippen LogP) is 5.11. The largest absolute Gasteiger partial charge is 0.396 e. The summed E-state index contributed by atoms with van der Waals surface area (Å²) in [6.45, 7) is 8.97. The zero-order valence-corrected chi connectivity index (χ0v) is 20.1. The van der Waals surface area contributed by atoms with Crippen LogP contribution in [0.25, 0.3) is 10.9 Å². The maximum Gasteiger partial charge on any atom is 0.0860 e. The van der Waals surface area contributed by atoms with E-state index in [0.717, 1.165) is 25.7 Å². The molecule has 174 valence electrons. The fraction of sp³-hybridized carbons (Fsp3) is 0.714. The number of fused-ring (bicyclic) bond motifs is 9. The molecule has 1 saturated heterocycles. The first-order valence-corrected chi connectivity index (χ1v) is 12.7. The average Bonchev–Trinajstić information content (AvgIpc) is 3.27. The molecule has 0 spiro atoms. The molecule has 3 N–H and O–H groups in total. The van der Waals surface area contributed by atoms with E-state index >= 15 is 0 Å². The molecule has 2 saturated carbocycles. The highest BCUT2D eigenvalue weighted by Gasteiger charge is 2.68. The quantitative estimate of drug-likeness (QED) is 0.612. The minimum atomic E-state index is -0.837. The summed E-state index contributed by atoms with van der Waals surface area (Å²) >= 11 is 0. The van der Waals surface area contributed by atoms with Gasteiger partial charge in [-0.2, -0.15) is 0 Å². The number of hydrogen-bond acceptors (Lipinski definition) is 3. The molecule has 6 rings (SSSR count). The molecule has 4 aliphatic rings. The van der Waals surface area contributed by atoms with Gasteiger partial charge >= 0.3 is 0 Å². The maximum atomic E-state index is 10.9. The lowest BCUT2D eigenvalue weighted by molar-refractivity contribution is -0.260. The number of benzene rings is 1. The minimum absolute atomic E-state index is 0.0412. The molecule has 1 aromatic heterocycles. The van der Waals surface area contributed by atoms with Crippen LogP contribution in [-0.4, -0.2) is 39.6 Å². The number of aromatic amines is 1. The van der Waals surface area contributed by atoms with E-state index in [0.29, 0.717) is 11.8 Å². The molecule has 2 heterocycles. The van der Waals surface area contributed by atoms with Gasteiger partial charge in [-0.3, -0.25) is 0 Å². The standard InChI is InChI=1S/C28H39NO3/c1-25(2,31)22-12-14-28(16-30)21-10-9-17-15-19-18-7-5-6-8-20(18)29-24(19)27(17,4)26(21,3)13-11-23(28)32-22/h5-8,17,21-23,29-31H,9-16H2,1-4H3/t17-,21+,22-,23-,26-,27+,28+/m0/s1. The first kappa shape index (κ1) is 21.2. The molecule has 32 heavy (non-hydrogen) atoms. The second-order valence-corrected chi connectivity index (χ2v) is 12.4. The summed E-state index contributed by atoms with van der Waals surface area (Å²) in [6.07, 6.45) is 7.32. The number of para-hydroxylation sites is 1. The van der Waals surface area contributed by atoms with Crippen molar-refractivity contribution in [1.29, 1.82) is 0 Å². The number of hydrogen-bond donors (Lipinski definition) is 3. The summed E-state index contributed by atoms with van der Waals surface area (Å²) in [4.78, 5) is 3.88. The zero-order chi connectivity index (χ0) is 22.5. The van der Waals surface area contributed by atoms with Crippen molar-refractivity contribution in [2.45, 2.75) is 95.9 Å². The molecule has 3 aliphatic carbocycles. The van der Waals surface area contributed by atoms with Crippen molar-refractivity contribution in [2.75, 3.05) is 6.61 Å². The highest BCUT2D eigenvalue weighted by Crippen LogP contribution is 2.71. The highest BCUT2D eigenvalue weighted by atomic mass is 16.5. The molecule has 0 radical (unpaired) electrons. The molecule has 4 heteroatoms. The Labute approximate surface area is 191 Å². The fourth-order valence-electron chi connectivity index (χ4n) is 9.02. The molecule has 1 aromatic carbocycles. The van der Waals surface area contributed by atoms with Gasteiger partial charge < -0.3 is 19.9 Å². The SMILES string of the molecule is CC(C)(O)[C@@H]1CC[C@]2(CO)[C@H](CC[C@@]3(C)[C@H]2CC[C@H]2Cc4c([nH]c5ccccc45)[C@@]23C)O1. The van der Waals surface area contributed by atoms with Gasteiger partial charge in [-0.1, -0.05) is 32.0 Å². The van der Waals surface area contributed by atoms with Gasteiger partial charge in [-0.05, 0) is 87.7 Å². The third-order valence-corrected chi connectivity index (χ3v) is 10.9. The minimum Gasteiger partial charge on any atom is -0.396 e. The second kappa shape index (κ2) is 6.61. The number of rotatable bonds is 2. The topological polar surface area (TPSA) is 65.5 Å². The molecular weight excluding hydrogens is 398 g/mol. The van der Waals surface area contributed by atoms with E-state index in [1.807, 2.05) is 13.8 Å². The normalized spacial score (nSPS) is 43.4. The lowest BCUT2D eigenvalue weighted by Gasteiger charge is -2.67. The molecule has 0 unspecified atom stereocenters. The van der Waals surface area contributed by atoms with Crippen LogP contribution in [-0.2, 0) is 16.6 Å². The van der Waals surface area contributed by atoms with Crippen molar-refractivity contribution in [3.05, 3.63) is 35.5 Å². The summed E-state index contributed by atoms with van der Waals surface area (Å²) < 4.78 is 6.59. The van der Waals surface area contributed by atoms with Gasteiger partial charge in [0.05, 0.1) is 24.4 Å². The predicted molar refractivity (Wildman–Crippen MR) is 127 cm³/mol. The molecule has 4 nitrogen and oxygen atoms in total. The summed E-state index contributed by atoms with van der Waals surface area (Å²) in [5, 5.41) is 22.9. The third kappa shape index (κ3) is 2.44. The van der Waals surface area contributed by atoms with Crippen LogP contribution in [0.5, 0.6) is 0 Å². The van der Waals surface area contributed by atoms with Crippen LogP contribution in [0.4, 0.5) is 0 Å². The van der Waals surface area contributed by atoms with Crippen LogP contribution in [0.1, 0.15) is 77.5 Å². The first-order valence-electron chi connectivity index (χ1n) is 12.7. The molecule has 7 atom stereocenters. The number of H-pyrrole nitrogens is 1. The Bertz CT molecular complexity index is 1050. The fourth-order valence-corrected chi connectivity index (χ4v) is 9.02. The lowest BCUT2D eigenvalue weighted by Crippen LogP contribution is -2.66. The Morgan fingerprint density at radius 3 is 2.62 bits per heavy atom. The number of aromatic nitrogens is 1. The number of nitrogens with one attached hydrogen (secondary N) is 1. The van der Waals surface area contributed by atoms with Crippen LogP contribution in [0, 0.1) is 22.7 Å². The highest BCUT2D eigenvalue weighted by molar-refractivity contribution is 5.86. The smallest absolute Gasteiger partial charge is 0.0860 e. The van der Waals surface area contributed by atoms with Gasteiger partial charge in [0.25, 0.3) is 0 Å². The van der Waals surface area contributed by atoms with Crippen molar-refractivity contribution in [3.8, 4) is 0 Å².